The first kappa shape index (κ1) is 13.7. The van der Waals surface area contributed by atoms with E-state index in [1.165, 1.54) is 10.8 Å². The van der Waals surface area contributed by atoms with Crippen LogP contribution in [0.15, 0.2) is 54.7 Å². The molecular formula is C18H19N3. The Bertz CT molecular complexity index is 747. The van der Waals surface area contributed by atoms with E-state index < -0.39 is 0 Å². The number of benzene rings is 2. The van der Waals surface area contributed by atoms with Crippen molar-refractivity contribution in [3.63, 3.8) is 0 Å². The molecule has 3 nitrogen and oxygen atoms in total. The van der Waals surface area contributed by atoms with Gasteiger partial charge in [0.25, 0.3) is 0 Å². The second-order valence-electron chi connectivity index (χ2n) is 5.27. The molecule has 2 N–H and O–H groups in total. The quantitative estimate of drug-likeness (QED) is 0.793. The van der Waals surface area contributed by atoms with Crippen LogP contribution in [0.25, 0.3) is 22.2 Å². The number of fused-ring (bicyclic) bond motifs is 1. The van der Waals surface area contributed by atoms with Crippen LogP contribution in [-0.2, 0) is 6.42 Å². The molecule has 3 rings (SSSR count). The fraction of sp³-hybridized carbons (Fsp3) is 0.222. The van der Waals surface area contributed by atoms with Crippen molar-refractivity contribution in [1.82, 2.24) is 9.97 Å². The van der Waals surface area contributed by atoms with E-state index in [9.17, 15) is 0 Å². The molecule has 0 amide bonds. The molecule has 3 heteroatoms. The van der Waals surface area contributed by atoms with E-state index in [0.29, 0.717) is 0 Å². The van der Waals surface area contributed by atoms with Gasteiger partial charge in [-0.05, 0) is 23.3 Å². The zero-order chi connectivity index (χ0) is 14.7. The average molecular weight is 277 g/mol. The Morgan fingerprint density at radius 2 is 1.86 bits per heavy atom. The first-order chi connectivity index (χ1) is 10.3. The molecule has 0 spiro atoms. The van der Waals surface area contributed by atoms with Crippen molar-refractivity contribution in [2.45, 2.75) is 25.8 Å². The third-order valence-corrected chi connectivity index (χ3v) is 3.74. The zero-order valence-electron chi connectivity index (χ0n) is 12.2. The first-order valence-electron chi connectivity index (χ1n) is 7.33. The van der Waals surface area contributed by atoms with Gasteiger partial charge in [-0.2, -0.15) is 0 Å². The minimum atomic E-state index is 0.153. The molecule has 0 aliphatic heterocycles. The molecule has 3 aromatic rings. The van der Waals surface area contributed by atoms with Crippen molar-refractivity contribution in [2.75, 3.05) is 0 Å². The molecule has 0 saturated heterocycles. The predicted octanol–water partition coefficient (Wildman–Crippen LogP) is 3.58. The molecule has 21 heavy (non-hydrogen) atoms. The lowest BCUT2D eigenvalue weighted by molar-refractivity contribution is 0.636. The number of nitrogens with two attached hydrogens (primary N) is 1. The van der Waals surface area contributed by atoms with Crippen molar-refractivity contribution in [3.05, 3.63) is 60.4 Å². The molecule has 0 bridgehead atoms. The lowest BCUT2D eigenvalue weighted by Gasteiger charge is -2.10. The Kier molecular flexibility index (Phi) is 3.93. The van der Waals surface area contributed by atoms with E-state index in [1.807, 2.05) is 30.5 Å². The van der Waals surface area contributed by atoms with Crippen molar-refractivity contribution in [3.8, 4) is 11.4 Å². The van der Waals surface area contributed by atoms with Crippen LogP contribution in [-0.4, -0.2) is 16.0 Å². The summed E-state index contributed by atoms with van der Waals surface area (Å²) in [4.78, 5) is 9.13. The highest BCUT2D eigenvalue weighted by Crippen LogP contribution is 2.26. The Balaban J connectivity index is 2.05. The molecule has 0 aliphatic rings. The van der Waals surface area contributed by atoms with Gasteiger partial charge in [-0.1, -0.05) is 49.4 Å². The van der Waals surface area contributed by atoms with Gasteiger partial charge >= 0.3 is 0 Å². The van der Waals surface area contributed by atoms with Gasteiger partial charge in [0.15, 0.2) is 5.82 Å². The van der Waals surface area contributed by atoms with Crippen LogP contribution in [0.2, 0.25) is 0 Å². The largest absolute Gasteiger partial charge is 0.327 e. The Morgan fingerprint density at radius 3 is 2.71 bits per heavy atom. The third-order valence-electron chi connectivity index (χ3n) is 3.74. The number of hydrogen-bond donors (Lipinski definition) is 1. The Hall–Kier alpha value is -2.26. The van der Waals surface area contributed by atoms with Crippen molar-refractivity contribution < 1.29 is 0 Å². The van der Waals surface area contributed by atoms with E-state index in [2.05, 4.69) is 41.2 Å². The summed E-state index contributed by atoms with van der Waals surface area (Å²) in [6.45, 7) is 2.09. The second-order valence-corrected chi connectivity index (χ2v) is 5.27. The van der Waals surface area contributed by atoms with E-state index >= 15 is 0 Å². The minimum absolute atomic E-state index is 0.153. The smallest absolute Gasteiger partial charge is 0.159 e. The lowest BCUT2D eigenvalue weighted by Crippen LogP contribution is -2.22. The molecular weight excluding hydrogens is 258 g/mol. The normalized spacial score (nSPS) is 12.5. The van der Waals surface area contributed by atoms with E-state index in [0.717, 1.165) is 29.9 Å². The number of nitrogens with zero attached hydrogens (tertiary/aromatic N) is 2. The molecule has 0 fully saturated rings. The van der Waals surface area contributed by atoms with Crippen molar-refractivity contribution in [2.24, 2.45) is 5.73 Å². The third kappa shape index (κ3) is 2.93. The maximum atomic E-state index is 6.02. The zero-order valence-corrected chi connectivity index (χ0v) is 12.2. The Labute approximate surface area is 124 Å². The molecule has 1 atom stereocenters. The van der Waals surface area contributed by atoms with Crippen molar-refractivity contribution in [1.29, 1.82) is 0 Å². The van der Waals surface area contributed by atoms with Crippen LogP contribution in [0, 0.1) is 0 Å². The SMILES string of the molecule is CCC(N)Cc1ccnc(-c2cccc3ccccc23)n1. The summed E-state index contributed by atoms with van der Waals surface area (Å²) < 4.78 is 0. The van der Waals surface area contributed by atoms with Gasteiger partial charge in [-0.15, -0.1) is 0 Å². The lowest BCUT2D eigenvalue weighted by atomic mass is 10.0. The predicted molar refractivity (Wildman–Crippen MR) is 86.9 cm³/mol. The molecule has 0 saturated carbocycles. The monoisotopic (exact) mass is 277 g/mol. The summed E-state index contributed by atoms with van der Waals surface area (Å²) in [5.41, 5.74) is 8.10. The molecule has 0 aliphatic carbocycles. The molecule has 0 radical (unpaired) electrons. The summed E-state index contributed by atoms with van der Waals surface area (Å²) >= 11 is 0. The average Bonchev–Trinajstić information content (AvgIpc) is 2.54. The van der Waals surface area contributed by atoms with Gasteiger partial charge in [0.05, 0.1) is 0 Å². The van der Waals surface area contributed by atoms with Gasteiger partial charge in [-0.3, -0.25) is 0 Å². The highest BCUT2D eigenvalue weighted by Gasteiger charge is 2.08. The minimum Gasteiger partial charge on any atom is -0.327 e. The van der Waals surface area contributed by atoms with Gasteiger partial charge in [0, 0.05) is 29.9 Å². The molecule has 1 heterocycles. The second kappa shape index (κ2) is 6.02. The van der Waals surface area contributed by atoms with Crippen LogP contribution in [0.1, 0.15) is 19.0 Å². The maximum absolute atomic E-state index is 6.02. The highest BCUT2D eigenvalue weighted by molar-refractivity contribution is 5.94. The summed E-state index contributed by atoms with van der Waals surface area (Å²) in [6, 6.07) is 16.6. The van der Waals surface area contributed by atoms with Crippen LogP contribution >= 0.6 is 0 Å². The number of aromatic nitrogens is 2. The molecule has 2 aromatic carbocycles. The summed E-state index contributed by atoms with van der Waals surface area (Å²) in [5.74, 6) is 0.771. The van der Waals surface area contributed by atoms with E-state index in [-0.39, 0.29) is 6.04 Å². The topological polar surface area (TPSA) is 51.8 Å². The fourth-order valence-corrected chi connectivity index (χ4v) is 2.47. The van der Waals surface area contributed by atoms with Gasteiger partial charge in [0.1, 0.15) is 0 Å². The molecule has 1 unspecified atom stereocenters. The maximum Gasteiger partial charge on any atom is 0.159 e. The van der Waals surface area contributed by atoms with Gasteiger partial charge < -0.3 is 5.73 Å². The number of hydrogen-bond acceptors (Lipinski definition) is 3. The Morgan fingerprint density at radius 1 is 1.05 bits per heavy atom. The van der Waals surface area contributed by atoms with Crippen LogP contribution in [0.3, 0.4) is 0 Å². The van der Waals surface area contributed by atoms with Crippen LogP contribution in [0.4, 0.5) is 0 Å². The van der Waals surface area contributed by atoms with Crippen LogP contribution in [0.5, 0.6) is 0 Å². The van der Waals surface area contributed by atoms with Gasteiger partial charge in [0.2, 0.25) is 0 Å². The molecule has 106 valence electrons. The standard InChI is InChI=1S/C18H19N3/c1-2-14(19)12-15-10-11-20-18(21-15)17-9-5-7-13-6-3-4-8-16(13)17/h3-11,14H,2,12,19H2,1H3. The van der Waals surface area contributed by atoms with Gasteiger partial charge in [-0.25, -0.2) is 9.97 Å². The summed E-state index contributed by atoms with van der Waals surface area (Å²) in [7, 11) is 0. The van der Waals surface area contributed by atoms with E-state index in [1.54, 1.807) is 0 Å². The van der Waals surface area contributed by atoms with E-state index in [4.69, 9.17) is 5.73 Å². The van der Waals surface area contributed by atoms with Crippen LogP contribution < -0.4 is 5.73 Å². The highest BCUT2D eigenvalue weighted by atomic mass is 14.9. The summed E-state index contributed by atoms with van der Waals surface area (Å²) in [5, 5.41) is 2.38. The first-order valence-corrected chi connectivity index (χ1v) is 7.33. The van der Waals surface area contributed by atoms with Crippen molar-refractivity contribution >= 4 is 10.8 Å². The fourth-order valence-electron chi connectivity index (χ4n) is 2.47. The molecule has 1 aromatic heterocycles. The summed E-state index contributed by atoms with van der Waals surface area (Å²) in [6.07, 6.45) is 3.56. The number of rotatable bonds is 4.